The molecule has 2 N–H and O–H groups in total. The summed E-state index contributed by atoms with van der Waals surface area (Å²) in [6.07, 6.45) is 3.14. The lowest BCUT2D eigenvalue weighted by Crippen LogP contribution is -2.56. The predicted molar refractivity (Wildman–Crippen MR) is 88.9 cm³/mol. The number of ether oxygens (including phenoxy) is 1. The Balaban J connectivity index is 1.68. The first-order valence-electron chi connectivity index (χ1n) is 8.47. The van der Waals surface area contributed by atoms with Gasteiger partial charge in [-0.25, -0.2) is 4.79 Å². The van der Waals surface area contributed by atoms with E-state index in [-0.39, 0.29) is 24.7 Å². The van der Waals surface area contributed by atoms with Gasteiger partial charge in [0, 0.05) is 13.1 Å². The number of morpholine rings is 1. The van der Waals surface area contributed by atoms with Gasteiger partial charge in [0.05, 0.1) is 18.8 Å². The van der Waals surface area contributed by atoms with Gasteiger partial charge in [-0.1, -0.05) is 30.3 Å². The summed E-state index contributed by atoms with van der Waals surface area (Å²) in [4.78, 5) is 26.2. The highest BCUT2D eigenvalue weighted by molar-refractivity contribution is 5.83. The molecule has 130 valence electrons. The number of carboxylic acids is 1. The summed E-state index contributed by atoms with van der Waals surface area (Å²) < 4.78 is 5.72. The minimum absolute atomic E-state index is 0.0555. The van der Waals surface area contributed by atoms with Crippen molar-refractivity contribution in [3.8, 4) is 0 Å². The third-order valence-electron chi connectivity index (χ3n) is 5.22. The van der Waals surface area contributed by atoms with E-state index in [1.54, 1.807) is 19.1 Å². The molecule has 1 saturated heterocycles. The first-order chi connectivity index (χ1) is 11.5. The Morgan fingerprint density at radius 1 is 1.33 bits per heavy atom. The van der Waals surface area contributed by atoms with Crippen molar-refractivity contribution in [1.82, 2.24) is 10.2 Å². The van der Waals surface area contributed by atoms with Crippen molar-refractivity contribution in [2.24, 2.45) is 0 Å². The number of hydrogen-bond acceptors (Lipinski definition) is 3. The molecule has 1 aromatic carbocycles. The molecule has 3 rings (SSSR count). The van der Waals surface area contributed by atoms with Gasteiger partial charge >= 0.3 is 12.0 Å². The van der Waals surface area contributed by atoms with Crippen molar-refractivity contribution in [3.63, 3.8) is 0 Å². The fourth-order valence-corrected chi connectivity index (χ4v) is 3.64. The maximum absolute atomic E-state index is 12.6. The highest BCUT2D eigenvalue weighted by Gasteiger charge is 2.40. The number of urea groups is 1. The number of nitrogens with one attached hydrogen (secondary N) is 1. The van der Waals surface area contributed by atoms with Crippen molar-refractivity contribution in [1.29, 1.82) is 0 Å². The van der Waals surface area contributed by atoms with E-state index in [1.807, 2.05) is 23.1 Å². The molecule has 0 radical (unpaired) electrons. The number of hydrogen-bond donors (Lipinski definition) is 2. The lowest BCUT2D eigenvalue weighted by atomic mass is 9.82. The second-order valence-electron chi connectivity index (χ2n) is 6.76. The zero-order chi connectivity index (χ0) is 17.2. The number of carboxylic acid groups (broad SMARTS) is 1. The van der Waals surface area contributed by atoms with Crippen LogP contribution in [-0.2, 0) is 14.9 Å². The van der Waals surface area contributed by atoms with Crippen LogP contribution in [0.15, 0.2) is 30.3 Å². The van der Waals surface area contributed by atoms with Crippen LogP contribution in [0.4, 0.5) is 4.79 Å². The number of aliphatic carboxylic acids is 1. The van der Waals surface area contributed by atoms with Crippen molar-refractivity contribution < 1.29 is 19.4 Å². The standard InChI is InChI=1S/C18H24N2O4/c1-18(16(21)22,13-6-3-2-4-7-13)12-19-17(23)20-10-11-24-15-9-5-8-14(15)20/h2-4,6-7,14-15H,5,8-12H2,1H3,(H,19,23)(H,21,22)/t14-,15+,18?/m0/s1. The quantitative estimate of drug-likeness (QED) is 0.884. The summed E-state index contributed by atoms with van der Waals surface area (Å²) in [5, 5.41) is 12.5. The summed E-state index contributed by atoms with van der Waals surface area (Å²) >= 11 is 0. The number of fused-ring (bicyclic) bond motifs is 1. The van der Waals surface area contributed by atoms with Crippen molar-refractivity contribution in [3.05, 3.63) is 35.9 Å². The minimum Gasteiger partial charge on any atom is -0.481 e. The average molecular weight is 332 g/mol. The SMILES string of the molecule is CC(CNC(=O)N1CCO[C@@H]2CCC[C@@H]21)(C(=O)O)c1ccccc1. The van der Waals surface area contributed by atoms with Crippen LogP contribution >= 0.6 is 0 Å². The average Bonchev–Trinajstić information content (AvgIpc) is 3.08. The molecule has 1 aliphatic heterocycles. The Hall–Kier alpha value is -2.08. The molecule has 2 fully saturated rings. The zero-order valence-corrected chi connectivity index (χ0v) is 13.9. The monoisotopic (exact) mass is 332 g/mol. The fraction of sp³-hybridized carbons (Fsp3) is 0.556. The van der Waals surface area contributed by atoms with Gasteiger partial charge in [0.25, 0.3) is 0 Å². The molecule has 6 heteroatoms. The molecule has 2 amide bonds. The van der Waals surface area contributed by atoms with Gasteiger partial charge in [0.2, 0.25) is 0 Å². The van der Waals surface area contributed by atoms with Crippen molar-refractivity contribution >= 4 is 12.0 Å². The Morgan fingerprint density at radius 2 is 2.08 bits per heavy atom. The number of benzene rings is 1. The van der Waals surface area contributed by atoms with E-state index in [9.17, 15) is 14.7 Å². The van der Waals surface area contributed by atoms with Crippen LogP contribution in [0.2, 0.25) is 0 Å². The Bertz CT molecular complexity index is 606. The van der Waals surface area contributed by atoms with E-state index in [1.165, 1.54) is 0 Å². The largest absolute Gasteiger partial charge is 0.481 e. The van der Waals surface area contributed by atoms with Crippen LogP contribution in [0.5, 0.6) is 0 Å². The first-order valence-corrected chi connectivity index (χ1v) is 8.47. The van der Waals surface area contributed by atoms with Crippen LogP contribution in [0.25, 0.3) is 0 Å². The van der Waals surface area contributed by atoms with Gasteiger partial charge in [0.15, 0.2) is 0 Å². The van der Waals surface area contributed by atoms with E-state index < -0.39 is 11.4 Å². The van der Waals surface area contributed by atoms with Crippen LogP contribution in [0.1, 0.15) is 31.7 Å². The van der Waals surface area contributed by atoms with E-state index in [0.717, 1.165) is 19.3 Å². The van der Waals surface area contributed by atoms with Crippen molar-refractivity contribution in [2.45, 2.75) is 43.7 Å². The van der Waals surface area contributed by atoms with Gasteiger partial charge < -0.3 is 20.1 Å². The number of carbonyl (C=O) groups excluding carboxylic acids is 1. The summed E-state index contributed by atoms with van der Waals surface area (Å²) in [7, 11) is 0. The fourth-order valence-electron chi connectivity index (χ4n) is 3.64. The maximum Gasteiger partial charge on any atom is 0.317 e. The molecule has 1 aliphatic carbocycles. The lowest BCUT2D eigenvalue weighted by molar-refractivity contribution is -0.143. The minimum atomic E-state index is -1.15. The molecule has 1 aromatic rings. The van der Waals surface area contributed by atoms with Crippen LogP contribution in [-0.4, -0.2) is 53.8 Å². The Labute approximate surface area is 141 Å². The topological polar surface area (TPSA) is 78.9 Å². The van der Waals surface area contributed by atoms with E-state index in [0.29, 0.717) is 18.7 Å². The van der Waals surface area contributed by atoms with E-state index in [2.05, 4.69) is 5.32 Å². The molecule has 6 nitrogen and oxygen atoms in total. The summed E-state index contributed by atoms with van der Waals surface area (Å²) in [6.45, 7) is 2.80. The second-order valence-corrected chi connectivity index (χ2v) is 6.76. The molecule has 2 aliphatic rings. The summed E-state index contributed by atoms with van der Waals surface area (Å²) in [6, 6.07) is 8.94. The second kappa shape index (κ2) is 6.81. The first kappa shape index (κ1) is 16.8. The van der Waals surface area contributed by atoms with Crippen LogP contribution < -0.4 is 5.32 Å². The van der Waals surface area contributed by atoms with Crippen LogP contribution in [0, 0.1) is 0 Å². The number of amides is 2. The summed E-state index contributed by atoms with van der Waals surface area (Å²) in [5.41, 5.74) is -0.475. The molecular weight excluding hydrogens is 308 g/mol. The highest BCUT2D eigenvalue weighted by atomic mass is 16.5. The Kier molecular flexibility index (Phi) is 4.76. The molecule has 24 heavy (non-hydrogen) atoms. The molecule has 1 unspecified atom stereocenters. The molecule has 0 spiro atoms. The van der Waals surface area contributed by atoms with Gasteiger partial charge in [-0.2, -0.15) is 0 Å². The third kappa shape index (κ3) is 3.11. The number of rotatable bonds is 4. The molecule has 0 aromatic heterocycles. The maximum atomic E-state index is 12.6. The molecular formula is C18H24N2O4. The molecule has 3 atom stereocenters. The zero-order valence-electron chi connectivity index (χ0n) is 13.9. The molecule has 1 saturated carbocycles. The normalized spacial score (nSPS) is 25.6. The molecule has 0 bridgehead atoms. The Morgan fingerprint density at radius 3 is 2.79 bits per heavy atom. The molecule has 1 heterocycles. The van der Waals surface area contributed by atoms with Gasteiger partial charge in [-0.05, 0) is 31.7 Å². The van der Waals surface area contributed by atoms with E-state index >= 15 is 0 Å². The number of carbonyl (C=O) groups is 2. The number of nitrogens with zero attached hydrogens (tertiary/aromatic N) is 1. The highest BCUT2D eigenvalue weighted by Crippen LogP contribution is 2.30. The van der Waals surface area contributed by atoms with Gasteiger partial charge in [-0.15, -0.1) is 0 Å². The summed E-state index contributed by atoms with van der Waals surface area (Å²) in [5.74, 6) is -0.949. The lowest BCUT2D eigenvalue weighted by Gasteiger charge is -2.38. The van der Waals surface area contributed by atoms with Gasteiger partial charge in [-0.3, -0.25) is 4.79 Å². The van der Waals surface area contributed by atoms with Gasteiger partial charge in [0.1, 0.15) is 5.41 Å². The van der Waals surface area contributed by atoms with Crippen LogP contribution in [0.3, 0.4) is 0 Å². The van der Waals surface area contributed by atoms with Crippen molar-refractivity contribution in [2.75, 3.05) is 19.7 Å². The smallest absolute Gasteiger partial charge is 0.317 e. The third-order valence-corrected chi connectivity index (χ3v) is 5.22. The predicted octanol–water partition coefficient (Wildman–Crippen LogP) is 1.99. The van der Waals surface area contributed by atoms with E-state index in [4.69, 9.17) is 4.74 Å².